The van der Waals surface area contributed by atoms with Crippen LogP contribution in [0.5, 0.6) is 0 Å². The van der Waals surface area contributed by atoms with Crippen LogP contribution in [0.4, 0.5) is 5.82 Å². The van der Waals surface area contributed by atoms with Crippen LogP contribution in [0.1, 0.15) is 45.1 Å². The molecule has 0 aliphatic rings. The van der Waals surface area contributed by atoms with Gasteiger partial charge in [-0.25, -0.2) is 4.98 Å². The Hall–Kier alpha value is -1.09. The summed E-state index contributed by atoms with van der Waals surface area (Å²) in [5.41, 5.74) is 1.14. The summed E-state index contributed by atoms with van der Waals surface area (Å²) in [7, 11) is 0. The lowest BCUT2D eigenvalue weighted by Gasteiger charge is -2.09. The van der Waals surface area contributed by atoms with Gasteiger partial charge in [-0.2, -0.15) is 0 Å². The molecule has 1 aromatic heterocycles. The molecule has 1 heterocycles. The van der Waals surface area contributed by atoms with E-state index in [1.165, 1.54) is 19.3 Å². The van der Waals surface area contributed by atoms with E-state index >= 15 is 0 Å². The zero-order valence-corrected chi connectivity index (χ0v) is 11.0. The largest absolute Gasteiger partial charge is 0.377 e. The Labute approximate surface area is 105 Å². The van der Waals surface area contributed by atoms with E-state index in [1.54, 1.807) is 0 Å². The number of nitrogens with zero attached hydrogens (tertiary/aromatic N) is 1. The number of rotatable bonds is 9. The quantitative estimate of drug-likeness (QED) is 0.665. The molecule has 3 heteroatoms. The second kappa shape index (κ2) is 8.99. The highest BCUT2D eigenvalue weighted by atomic mass is 16.5. The van der Waals surface area contributed by atoms with Crippen LogP contribution < -0.4 is 5.32 Å². The number of pyridine rings is 1. The van der Waals surface area contributed by atoms with Crippen molar-refractivity contribution in [2.75, 3.05) is 18.5 Å². The third-order valence-corrected chi connectivity index (χ3v) is 2.64. The first-order chi connectivity index (χ1) is 8.38. The molecule has 0 amide bonds. The Morgan fingerprint density at radius 1 is 1.24 bits per heavy atom. The van der Waals surface area contributed by atoms with Crippen LogP contribution in [0.25, 0.3) is 0 Å². The molecule has 0 atom stereocenters. The molecule has 96 valence electrons. The number of nitrogens with one attached hydrogen (secondary N) is 1. The molecular formula is C14H24N2O. The maximum absolute atomic E-state index is 5.67. The molecule has 0 fully saturated rings. The van der Waals surface area contributed by atoms with Crippen molar-refractivity contribution >= 4 is 5.82 Å². The lowest BCUT2D eigenvalue weighted by molar-refractivity contribution is 0.117. The van der Waals surface area contributed by atoms with Gasteiger partial charge in [0.2, 0.25) is 0 Å². The monoisotopic (exact) mass is 236 g/mol. The molecular weight excluding hydrogens is 212 g/mol. The summed E-state index contributed by atoms with van der Waals surface area (Å²) in [6, 6.07) is 4.02. The predicted octanol–water partition coefficient (Wildman–Crippen LogP) is 3.61. The molecule has 0 radical (unpaired) electrons. The van der Waals surface area contributed by atoms with Crippen molar-refractivity contribution in [1.82, 2.24) is 4.98 Å². The molecule has 0 saturated heterocycles. The van der Waals surface area contributed by atoms with Crippen LogP contribution in [0.3, 0.4) is 0 Å². The van der Waals surface area contributed by atoms with Gasteiger partial charge in [-0.05, 0) is 19.4 Å². The highest BCUT2D eigenvalue weighted by Crippen LogP contribution is 2.12. The average Bonchev–Trinajstić information content (AvgIpc) is 2.36. The molecule has 0 aromatic carbocycles. The summed E-state index contributed by atoms with van der Waals surface area (Å²) in [4.78, 5) is 4.31. The Balaban J connectivity index is 2.25. The van der Waals surface area contributed by atoms with Gasteiger partial charge >= 0.3 is 0 Å². The molecule has 1 aromatic rings. The van der Waals surface area contributed by atoms with Crippen molar-refractivity contribution in [2.24, 2.45) is 0 Å². The van der Waals surface area contributed by atoms with Crippen molar-refractivity contribution < 1.29 is 4.74 Å². The number of ether oxygens (including phenoxy) is 1. The van der Waals surface area contributed by atoms with Crippen LogP contribution in [0.2, 0.25) is 0 Å². The van der Waals surface area contributed by atoms with Crippen molar-refractivity contribution in [3.05, 3.63) is 23.9 Å². The number of hydrogen-bond donors (Lipinski definition) is 1. The van der Waals surface area contributed by atoms with E-state index < -0.39 is 0 Å². The van der Waals surface area contributed by atoms with E-state index in [0.29, 0.717) is 6.61 Å². The van der Waals surface area contributed by atoms with Crippen LogP contribution in [-0.4, -0.2) is 18.1 Å². The predicted molar refractivity (Wildman–Crippen MR) is 72.2 cm³/mol. The summed E-state index contributed by atoms with van der Waals surface area (Å²) in [5, 5.41) is 3.25. The molecule has 0 bridgehead atoms. The zero-order valence-electron chi connectivity index (χ0n) is 11.0. The SMILES string of the molecule is CCCCCCOCc1cccnc1NCC. The first-order valence-electron chi connectivity index (χ1n) is 6.64. The Bertz CT molecular complexity index is 302. The van der Waals surface area contributed by atoms with Crippen LogP contribution in [0, 0.1) is 0 Å². The summed E-state index contributed by atoms with van der Waals surface area (Å²) >= 11 is 0. The fourth-order valence-electron chi connectivity index (χ4n) is 1.69. The maximum atomic E-state index is 5.67. The zero-order chi connectivity index (χ0) is 12.3. The van der Waals surface area contributed by atoms with Crippen molar-refractivity contribution in [3.63, 3.8) is 0 Å². The average molecular weight is 236 g/mol. The minimum Gasteiger partial charge on any atom is -0.377 e. The van der Waals surface area contributed by atoms with E-state index in [9.17, 15) is 0 Å². The first-order valence-corrected chi connectivity index (χ1v) is 6.64. The second-order valence-corrected chi connectivity index (χ2v) is 4.15. The molecule has 0 unspecified atom stereocenters. The van der Waals surface area contributed by atoms with Gasteiger partial charge in [0.25, 0.3) is 0 Å². The summed E-state index contributed by atoms with van der Waals surface area (Å²) < 4.78 is 5.67. The lowest BCUT2D eigenvalue weighted by atomic mass is 10.2. The summed E-state index contributed by atoms with van der Waals surface area (Å²) in [6.45, 7) is 6.69. The summed E-state index contributed by atoms with van der Waals surface area (Å²) in [6.07, 6.45) is 6.81. The Morgan fingerprint density at radius 3 is 2.88 bits per heavy atom. The Morgan fingerprint density at radius 2 is 2.12 bits per heavy atom. The number of anilines is 1. The van der Waals surface area contributed by atoms with Gasteiger partial charge in [0.15, 0.2) is 0 Å². The van der Waals surface area contributed by atoms with Gasteiger partial charge in [-0.15, -0.1) is 0 Å². The second-order valence-electron chi connectivity index (χ2n) is 4.15. The molecule has 0 saturated carbocycles. The highest BCUT2D eigenvalue weighted by molar-refractivity contribution is 5.42. The number of hydrogen-bond acceptors (Lipinski definition) is 3. The smallest absolute Gasteiger partial charge is 0.131 e. The van der Waals surface area contributed by atoms with E-state index in [2.05, 4.69) is 30.2 Å². The van der Waals surface area contributed by atoms with Gasteiger partial charge in [0.1, 0.15) is 5.82 Å². The van der Waals surface area contributed by atoms with Gasteiger partial charge in [0, 0.05) is 24.9 Å². The standard InChI is InChI=1S/C14H24N2O/c1-3-5-6-7-11-17-12-13-9-8-10-16-14(13)15-4-2/h8-10H,3-7,11-12H2,1-2H3,(H,15,16). The highest BCUT2D eigenvalue weighted by Gasteiger charge is 2.01. The fourth-order valence-corrected chi connectivity index (χ4v) is 1.69. The number of unbranched alkanes of at least 4 members (excludes halogenated alkanes) is 3. The molecule has 0 aliphatic heterocycles. The fraction of sp³-hybridized carbons (Fsp3) is 0.643. The normalized spacial score (nSPS) is 10.5. The molecule has 17 heavy (non-hydrogen) atoms. The molecule has 1 rings (SSSR count). The van der Waals surface area contributed by atoms with Gasteiger partial charge in [0.05, 0.1) is 6.61 Å². The van der Waals surface area contributed by atoms with Gasteiger partial charge in [-0.1, -0.05) is 32.3 Å². The maximum Gasteiger partial charge on any atom is 0.131 e. The molecule has 3 nitrogen and oxygen atoms in total. The number of aromatic nitrogens is 1. The molecule has 1 N–H and O–H groups in total. The van der Waals surface area contributed by atoms with E-state index in [1.807, 2.05) is 12.3 Å². The Kier molecular flexibility index (Phi) is 7.39. The third kappa shape index (κ3) is 5.68. The lowest BCUT2D eigenvalue weighted by Crippen LogP contribution is -2.05. The first kappa shape index (κ1) is 14.0. The van der Waals surface area contributed by atoms with Crippen LogP contribution >= 0.6 is 0 Å². The van der Waals surface area contributed by atoms with E-state index in [4.69, 9.17) is 4.74 Å². The minimum atomic E-state index is 0.655. The third-order valence-electron chi connectivity index (χ3n) is 2.64. The molecule has 0 spiro atoms. The summed E-state index contributed by atoms with van der Waals surface area (Å²) in [5.74, 6) is 0.948. The van der Waals surface area contributed by atoms with Gasteiger partial charge in [-0.3, -0.25) is 0 Å². The van der Waals surface area contributed by atoms with Crippen molar-refractivity contribution in [2.45, 2.75) is 46.1 Å². The topological polar surface area (TPSA) is 34.1 Å². The van der Waals surface area contributed by atoms with Crippen molar-refractivity contribution in [1.29, 1.82) is 0 Å². The molecule has 0 aliphatic carbocycles. The van der Waals surface area contributed by atoms with Crippen LogP contribution in [0.15, 0.2) is 18.3 Å². The van der Waals surface area contributed by atoms with E-state index in [-0.39, 0.29) is 0 Å². The van der Waals surface area contributed by atoms with Crippen LogP contribution in [-0.2, 0) is 11.3 Å². The van der Waals surface area contributed by atoms with Crippen molar-refractivity contribution in [3.8, 4) is 0 Å². The minimum absolute atomic E-state index is 0.655. The van der Waals surface area contributed by atoms with E-state index in [0.717, 1.165) is 31.0 Å². The van der Waals surface area contributed by atoms with Gasteiger partial charge < -0.3 is 10.1 Å².